The van der Waals surface area contributed by atoms with Gasteiger partial charge >= 0.3 is 5.97 Å². The maximum absolute atomic E-state index is 11.5. The predicted molar refractivity (Wildman–Crippen MR) is 76.4 cm³/mol. The molecule has 0 bridgehead atoms. The highest BCUT2D eigenvalue weighted by molar-refractivity contribution is 7.99. The molecule has 0 aliphatic heterocycles. The van der Waals surface area contributed by atoms with Gasteiger partial charge in [0.05, 0.1) is 6.61 Å². The lowest BCUT2D eigenvalue weighted by Gasteiger charge is -2.05. The highest BCUT2D eigenvalue weighted by atomic mass is 32.2. The van der Waals surface area contributed by atoms with Crippen LogP contribution in [0.1, 0.15) is 30.1 Å². The molecular weight excluding hydrogens is 280 g/mol. The van der Waals surface area contributed by atoms with Crippen molar-refractivity contribution >= 4 is 29.5 Å². The van der Waals surface area contributed by atoms with Crippen LogP contribution in [0.2, 0.25) is 0 Å². The van der Waals surface area contributed by atoms with Crippen molar-refractivity contribution in [2.24, 2.45) is 0 Å². The minimum Gasteiger partial charge on any atom is -0.462 e. The highest BCUT2D eigenvalue weighted by Gasteiger charge is 2.13. The first kappa shape index (κ1) is 16.2. The number of carbonyl (C=O) groups excluding carboxylic acids is 2. The number of hydrogen-bond donors (Lipinski definition) is 2. The van der Waals surface area contributed by atoms with E-state index in [1.165, 1.54) is 18.0 Å². The number of nitrogen functional groups attached to an aromatic ring is 1. The summed E-state index contributed by atoms with van der Waals surface area (Å²) < 4.78 is 4.84. The fourth-order valence-electron chi connectivity index (χ4n) is 1.33. The molecule has 1 rings (SSSR count). The molecule has 0 saturated carbocycles. The van der Waals surface area contributed by atoms with Crippen molar-refractivity contribution < 1.29 is 14.3 Å². The average molecular weight is 298 g/mol. The number of nitrogens with one attached hydrogen (secondary N) is 1. The van der Waals surface area contributed by atoms with Crippen molar-refractivity contribution in [1.82, 2.24) is 15.3 Å². The van der Waals surface area contributed by atoms with Crippen LogP contribution in [0.4, 0.5) is 5.82 Å². The van der Waals surface area contributed by atoms with E-state index in [1.54, 1.807) is 14.0 Å². The summed E-state index contributed by atoms with van der Waals surface area (Å²) in [4.78, 5) is 30.6. The van der Waals surface area contributed by atoms with Gasteiger partial charge in [-0.3, -0.25) is 4.79 Å². The molecule has 1 amide bonds. The monoisotopic (exact) mass is 298 g/mol. The SMILES string of the molecule is CCOC(=O)c1cnc(SCCCC(=O)NC)nc1N. The molecule has 0 aromatic carbocycles. The minimum absolute atomic E-state index is 0.00342. The van der Waals surface area contributed by atoms with Gasteiger partial charge in [0.1, 0.15) is 11.4 Å². The molecule has 7 nitrogen and oxygen atoms in total. The van der Waals surface area contributed by atoms with Crippen LogP contribution in [0, 0.1) is 0 Å². The van der Waals surface area contributed by atoms with Crippen LogP contribution >= 0.6 is 11.8 Å². The highest BCUT2D eigenvalue weighted by Crippen LogP contribution is 2.18. The quantitative estimate of drug-likeness (QED) is 0.332. The van der Waals surface area contributed by atoms with E-state index in [4.69, 9.17) is 10.5 Å². The number of carbonyl (C=O) groups is 2. The first-order chi connectivity index (χ1) is 9.58. The minimum atomic E-state index is -0.527. The van der Waals surface area contributed by atoms with E-state index in [0.717, 1.165) is 0 Å². The Kier molecular flexibility index (Phi) is 6.78. The first-order valence-corrected chi connectivity index (χ1v) is 7.20. The Morgan fingerprint density at radius 2 is 2.25 bits per heavy atom. The smallest absolute Gasteiger partial charge is 0.343 e. The second-order valence-electron chi connectivity index (χ2n) is 3.80. The largest absolute Gasteiger partial charge is 0.462 e. The van der Waals surface area contributed by atoms with Gasteiger partial charge in [0.25, 0.3) is 0 Å². The molecule has 0 fully saturated rings. The van der Waals surface area contributed by atoms with Crippen LogP contribution in [0.3, 0.4) is 0 Å². The first-order valence-electron chi connectivity index (χ1n) is 6.21. The number of nitrogens with zero attached hydrogens (tertiary/aromatic N) is 2. The fraction of sp³-hybridized carbons (Fsp3) is 0.500. The Balaban J connectivity index is 2.51. The van der Waals surface area contributed by atoms with Gasteiger partial charge in [0.2, 0.25) is 5.91 Å². The van der Waals surface area contributed by atoms with Gasteiger partial charge in [-0.25, -0.2) is 14.8 Å². The molecule has 1 aromatic rings. The van der Waals surface area contributed by atoms with Gasteiger partial charge < -0.3 is 15.8 Å². The molecule has 0 atom stereocenters. The van der Waals surface area contributed by atoms with Crippen molar-refractivity contribution in [3.05, 3.63) is 11.8 Å². The lowest BCUT2D eigenvalue weighted by Crippen LogP contribution is -2.17. The summed E-state index contributed by atoms with van der Waals surface area (Å²) in [6, 6.07) is 0. The van der Waals surface area contributed by atoms with E-state index in [2.05, 4.69) is 15.3 Å². The summed E-state index contributed by atoms with van der Waals surface area (Å²) in [5, 5.41) is 3.03. The average Bonchev–Trinajstić information content (AvgIpc) is 2.43. The van der Waals surface area contributed by atoms with Gasteiger partial charge in [-0.05, 0) is 13.3 Å². The van der Waals surface area contributed by atoms with Gasteiger partial charge in [0, 0.05) is 25.4 Å². The van der Waals surface area contributed by atoms with Crippen molar-refractivity contribution in [3.8, 4) is 0 Å². The second-order valence-corrected chi connectivity index (χ2v) is 4.86. The maximum atomic E-state index is 11.5. The summed E-state index contributed by atoms with van der Waals surface area (Å²) in [5.41, 5.74) is 5.87. The van der Waals surface area contributed by atoms with Crippen LogP contribution < -0.4 is 11.1 Å². The van der Waals surface area contributed by atoms with Crippen molar-refractivity contribution in [1.29, 1.82) is 0 Å². The standard InChI is InChI=1S/C12H18N4O3S/c1-3-19-11(18)8-7-15-12(16-10(8)13)20-6-4-5-9(17)14-2/h7H,3-6H2,1-2H3,(H,14,17)(H2,13,15,16). The third-order valence-corrected chi connectivity index (χ3v) is 3.30. The van der Waals surface area contributed by atoms with Crippen LogP contribution in [0.25, 0.3) is 0 Å². The van der Waals surface area contributed by atoms with Crippen LogP contribution in [0.5, 0.6) is 0 Å². The number of esters is 1. The Morgan fingerprint density at radius 1 is 1.50 bits per heavy atom. The van der Waals surface area contributed by atoms with Gasteiger partial charge in [0.15, 0.2) is 5.16 Å². The Bertz CT molecular complexity index is 482. The molecule has 0 unspecified atom stereocenters. The zero-order valence-electron chi connectivity index (χ0n) is 11.5. The molecule has 0 aliphatic rings. The molecule has 1 aromatic heterocycles. The van der Waals surface area contributed by atoms with Crippen molar-refractivity contribution in [2.75, 3.05) is 25.1 Å². The number of hydrogen-bond acceptors (Lipinski definition) is 7. The summed E-state index contributed by atoms with van der Waals surface area (Å²) in [6.07, 6.45) is 2.54. The van der Waals surface area contributed by atoms with Crippen molar-refractivity contribution in [2.45, 2.75) is 24.9 Å². The molecule has 0 radical (unpaired) electrons. The molecular formula is C12H18N4O3S. The van der Waals surface area contributed by atoms with Gasteiger partial charge in [-0.2, -0.15) is 0 Å². The molecule has 0 spiro atoms. The lowest BCUT2D eigenvalue weighted by molar-refractivity contribution is -0.120. The van der Waals surface area contributed by atoms with Crippen LogP contribution in [-0.4, -0.2) is 41.3 Å². The zero-order chi connectivity index (χ0) is 15.0. The molecule has 8 heteroatoms. The number of thioether (sulfide) groups is 1. The molecule has 1 heterocycles. The Labute approximate surface area is 121 Å². The summed E-state index contributed by atoms with van der Waals surface area (Å²) in [7, 11) is 1.60. The third-order valence-electron chi connectivity index (χ3n) is 2.35. The maximum Gasteiger partial charge on any atom is 0.343 e. The number of nitrogens with two attached hydrogens (primary N) is 1. The van der Waals surface area contributed by atoms with E-state index in [-0.39, 0.29) is 23.9 Å². The molecule has 110 valence electrons. The van der Waals surface area contributed by atoms with Gasteiger partial charge in [-0.1, -0.05) is 11.8 Å². The third kappa shape index (κ3) is 5.04. The normalized spacial score (nSPS) is 10.1. The summed E-state index contributed by atoms with van der Waals surface area (Å²) in [6.45, 7) is 1.99. The fourth-order valence-corrected chi connectivity index (χ4v) is 2.10. The van der Waals surface area contributed by atoms with Crippen LogP contribution in [-0.2, 0) is 9.53 Å². The van der Waals surface area contributed by atoms with E-state index in [0.29, 0.717) is 23.8 Å². The lowest BCUT2D eigenvalue weighted by atomic mass is 10.3. The van der Waals surface area contributed by atoms with Crippen molar-refractivity contribution in [3.63, 3.8) is 0 Å². The topological polar surface area (TPSA) is 107 Å². The van der Waals surface area contributed by atoms with E-state index in [9.17, 15) is 9.59 Å². The number of aromatic nitrogens is 2. The number of ether oxygens (including phenoxy) is 1. The summed E-state index contributed by atoms with van der Waals surface area (Å²) in [5.74, 6) is 0.281. The Hall–Kier alpha value is -1.83. The van der Waals surface area contributed by atoms with E-state index in [1.807, 2.05) is 0 Å². The Morgan fingerprint density at radius 3 is 2.85 bits per heavy atom. The molecule has 3 N–H and O–H groups in total. The molecule has 0 aliphatic carbocycles. The van der Waals surface area contributed by atoms with Crippen LogP contribution in [0.15, 0.2) is 11.4 Å². The number of anilines is 1. The number of rotatable bonds is 7. The zero-order valence-corrected chi connectivity index (χ0v) is 12.3. The summed E-state index contributed by atoms with van der Waals surface area (Å²) >= 11 is 1.39. The van der Waals surface area contributed by atoms with E-state index >= 15 is 0 Å². The second kappa shape index (κ2) is 8.36. The molecule has 20 heavy (non-hydrogen) atoms. The predicted octanol–water partition coefficient (Wildman–Crippen LogP) is 0.854. The number of amides is 1. The molecule has 0 saturated heterocycles. The van der Waals surface area contributed by atoms with Gasteiger partial charge in [-0.15, -0.1) is 0 Å². The van der Waals surface area contributed by atoms with E-state index < -0.39 is 5.97 Å².